The third-order valence-corrected chi connectivity index (χ3v) is 3.85. The van der Waals surface area contributed by atoms with Crippen molar-refractivity contribution in [1.82, 2.24) is 0 Å². The number of amides is 4. The van der Waals surface area contributed by atoms with E-state index >= 15 is 0 Å². The Morgan fingerprint density at radius 2 is 1.40 bits per heavy atom. The standard InChI is InChI=1S/C17H22N6O2/c1-10(2)12-8-15(23(21)17(19)25)13(11-6-4-3-5-7-11)9-14(12)22(20)16(18)24/h3-10H,20-21H2,1-2H3,(H2,18,24)(H2,19,25). The lowest BCUT2D eigenvalue weighted by Crippen LogP contribution is -2.43. The predicted molar refractivity (Wildman–Crippen MR) is 98.5 cm³/mol. The monoisotopic (exact) mass is 342 g/mol. The van der Waals surface area contributed by atoms with E-state index in [1.54, 1.807) is 12.1 Å². The predicted octanol–water partition coefficient (Wildman–Crippen LogP) is 1.99. The van der Waals surface area contributed by atoms with E-state index in [1.165, 1.54) is 0 Å². The summed E-state index contributed by atoms with van der Waals surface area (Å²) in [6.45, 7) is 3.84. The van der Waals surface area contributed by atoms with Crippen LogP contribution in [0, 0.1) is 0 Å². The topological polar surface area (TPSA) is 145 Å². The van der Waals surface area contributed by atoms with Crippen LogP contribution in [-0.4, -0.2) is 12.1 Å². The van der Waals surface area contributed by atoms with Crippen molar-refractivity contribution >= 4 is 23.4 Å². The third-order valence-electron chi connectivity index (χ3n) is 3.85. The minimum atomic E-state index is -0.806. The number of hydrogen-bond donors (Lipinski definition) is 4. The first-order valence-electron chi connectivity index (χ1n) is 7.66. The highest BCUT2D eigenvalue weighted by atomic mass is 16.2. The average molecular weight is 342 g/mol. The van der Waals surface area contributed by atoms with Gasteiger partial charge >= 0.3 is 12.1 Å². The molecule has 0 unspecified atom stereocenters. The second kappa shape index (κ2) is 7.20. The molecule has 0 spiro atoms. The molecule has 2 aromatic carbocycles. The zero-order valence-corrected chi connectivity index (χ0v) is 14.1. The molecular weight excluding hydrogens is 320 g/mol. The Bertz CT molecular complexity index is 791. The molecule has 0 saturated heterocycles. The van der Waals surface area contributed by atoms with Crippen molar-refractivity contribution in [1.29, 1.82) is 0 Å². The van der Waals surface area contributed by atoms with Gasteiger partial charge in [-0.05, 0) is 29.2 Å². The highest BCUT2D eigenvalue weighted by Gasteiger charge is 2.22. The number of hydrogen-bond acceptors (Lipinski definition) is 4. The number of primary amides is 2. The van der Waals surface area contributed by atoms with Crippen molar-refractivity contribution in [3.05, 3.63) is 48.0 Å². The fraction of sp³-hybridized carbons (Fsp3) is 0.176. The lowest BCUT2D eigenvalue weighted by molar-refractivity contribution is 0.253. The highest BCUT2D eigenvalue weighted by molar-refractivity contribution is 5.98. The average Bonchev–Trinajstić information content (AvgIpc) is 2.59. The lowest BCUT2D eigenvalue weighted by atomic mass is 9.94. The van der Waals surface area contributed by atoms with E-state index < -0.39 is 12.1 Å². The van der Waals surface area contributed by atoms with Crippen LogP contribution in [0.2, 0.25) is 0 Å². The van der Waals surface area contributed by atoms with E-state index in [0.29, 0.717) is 22.5 Å². The maximum atomic E-state index is 11.6. The second-order valence-electron chi connectivity index (χ2n) is 5.87. The maximum absolute atomic E-state index is 11.6. The third kappa shape index (κ3) is 3.70. The van der Waals surface area contributed by atoms with E-state index in [4.69, 9.17) is 23.2 Å². The van der Waals surface area contributed by atoms with Crippen LogP contribution in [0.25, 0.3) is 11.1 Å². The molecule has 132 valence electrons. The van der Waals surface area contributed by atoms with Crippen molar-refractivity contribution in [3.8, 4) is 11.1 Å². The number of urea groups is 2. The Morgan fingerprint density at radius 1 is 0.880 bits per heavy atom. The Balaban J connectivity index is 2.80. The van der Waals surface area contributed by atoms with Crippen molar-refractivity contribution in [3.63, 3.8) is 0 Å². The van der Waals surface area contributed by atoms with Crippen molar-refractivity contribution < 1.29 is 9.59 Å². The molecule has 2 rings (SSSR count). The van der Waals surface area contributed by atoms with Crippen LogP contribution in [0.5, 0.6) is 0 Å². The number of benzene rings is 2. The molecule has 0 aliphatic carbocycles. The van der Waals surface area contributed by atoms with Gasteiger partial charge in [-0.2, -0.15) is 0 Å². The Kier molecular flexibility index (Phi) is 5.26. The van der Waals surface area contributed by atoms with E-state index in [-0.39, 0.29) is 5.92 Å². The lowest BCUT2D eigenvalue weighted by Gasteiger charge is -2.26. The molecule has 2 aromatic rings. The summed E-state index contributed by atoms with van der Waals surface area (Å²) in [5.41, 5.74) is 13.6. The molecule has 0 aliphatic rings. The van der Waals surface area contributed by atoms with Gasteiger partial charge in [0.1, 0.15) is 0 Å². The van der Waals surface area contributed by atoms with Gasteiger partial charge in [0.2, 0.25) is 0 Å². The summed E-state index contributed by atoms with van der Waals surface area (Å²) in [4.78, 5) is 23.2. The van der Waals surface area contributed by atoms with Crippen LogP contribution in [0.4, 0.5) is 21.0 Å². The van der Waals surface area contributed by atoms with Gasteiger partial charge < -0.3 is 11.5 Å². The van der Waals surface area contributed by atoms with Gasteiger partial charge in [0.05, 0.1) is 11.4 Å². The number of carbonyl (C=O) groups is 2. The van der Waals surface area contributed by atoms with E-state index in [1.807, 2.05) is 44.2 Å². The molecule has 0 aliphatic heterocycles. The summed E-state index contributed by atoms with van der Waals surface area (Å²) in [6, 6.07) is 11.0. The quantitative estimate of drug-likeness (QED) is 0.382. The van der Waals surface area contributed by atoms with Crippen LogP contribution < -0.4 is 33.2 Å². The van der Waals surface area contributed by atoms with Crippen molar-refractivity contribution in [2.75, 3.05) is 10.0 Å². The number of anilines is 2. The Hall–Kier alpha value is -3.10. The van der Waals surface area contributed by atoms with Gasteiger partial charge in [0.25, 0.3) is 0 Å². The van der Waals surface area contributed by atoms with Crippen LogP contribution in [-0.2, 0) is 0 Å². The molecular formula is C17H22N6O2. The summed E-state index contributed by atoms with van der Waals surface area (Å²) >= 11 is 0. The number of carbonyl (C=O) groups excluding carboxylic acids is 2. The molecule has 8 N–H and O–H groups in total. The van der Waals surface area contributed by atoms with Crippen LogP contribution >= 0.6 is 0 Å². The van der Waals surface area contributed by atoms with Gasteiger partial charge in [0, 0.05) is 5.56 Å². The zero-order valence-electron chi connectivity index (χ0n) is 14.1. The van der Waals surface area contributed by atoms with Crippen molar-refractivity contribution in [2.45, 2.75) is 19.8 Å². The summed E-state index contributed by atoms with van der Waals surface area (Å²) < 4.78 is 0. The molecule has 0 heterocycles. The van der Waals surface area contributed by atoms with Gasteiger partial charge in [-0.15, -0.1) is 0 Å². The Morgan fingerprint density at radius 3 is 1.88 bits per heavy atom. The largest absolute Gasteiger partial charge is 0.350 e. The van der Waals surface area contributed by atoms with E-state index in [9.17, 15) is 9.59 Å². The number of rotatable bonds is 4. The number of hydrazine groups is 2. The molecule has 8 nitrogen and oxygen atoms in total. The summed E-state index contributed by atoms with van der Waals surface area (Å²) in [5, 5.41) is 1.74. The molecule has 0 saturated carbocycles. The SMILES string of the molecule is CC(C)c1cc(N(N)C(N)=O)c(-c2ccccc2)cc1N(N)C(N)=O. The van der Waals surface area contributed by atoms with E-state index in [2.05, 4.69) is 0 Å². The number of nitrogens with zero attached hydrogens (tertiary/aromatic N) is 2. The normalized spacial score (nSPS) is 10.6. The first-order valence-corrected chi connectivity index (χ1v) is 7.66. The van der Waals surface area contributed by atoms with Crippen LogP contribution in [0.3, 0.4) is 0 Å². The molecule has 0 atom stereocenters. The smallest absolute Gasteiger partial charge is 0.333 e. The first kappa shape index (κ1) is 18.2. The summed E-state index contributed by atoms with van der Waals surface area (Å²) in [7, 11) is 0. The molecule has 0 fully saturated rings. The molecule has 8 heteroatoms. The van der Waals surface area contributed by atoms with Gasteiger partial charge in [-0.25, -0.2) is 31.3 Å². The van der Waals surface area contributed by atoms with E-state index in [0.717, 1.165) is 15.6 Å². The van der Waals surface area contributed by atoms with Gasteiger partial charge in [-0.3, -0.25) is 0 Å². The van der Waals surface area contributed by atoms with Crippen LogP contribution in [0.1, 0.15) is 25.3 Å². The van der Waals surface area contributed by atoms with Gasteiger partial charge in [0.15, 0.2) is 0 Å². The number of nitrogens with two attached hydrogens (primary N) is 4. The zero-order chi connectivity index (χ0) is 18.7. The minimum Gasteiger partial charge on any atom is -0.350 e. The Labute approximate surface area is 145 Å². The highest BCUT2D eigenvalue weighted by Crippen LogP contribution is 2.38. The molecule has 0 aromatic heterocycles. The molecule has 0 radical (unpaired) electrons. The maximum Gasteiger partial charge on any atom is 0.333 e. The first-order chi connectivity index (χ1) is 11.7. The fourth-order valence-electron chi connectivity index (χ4n) is 2.55. The molecule has 0 bridgehead atoms. The summed E-state index contributed by atoms with van der Waals surface area (Å²) in [5.74, 6) is 11.7. The summed E-state index contributed by atoms with van der Waals surface area (Å²) in [6.07, 6.45) is 0. The molecule has 25 heavy (non-hydrogen) atoms. The van der Waals surface area contributed by atoms with Crippen molar-refractivity contribution in [2.24, 2.45) is 23.2 Å². The second-order valence-corrected chi connectivity index (χ2v) is 5.87. The molecule has 4 amide bonds. The van der Waals surface area contributed by atoms with Crippen LogP contribution in [0.15, 0.2) is 42.5 Å². The minimum absolute atomic E-state index is 0.00903. The fourth-order valence-corrected chi connectivity index (χ4v) is 2.55. The van der Waals surface area contributed by atoms with Gasteiger partial charge in [-0.1, -0.05) is 44.2 Å².